The van der Waals surface area contributed by atoms with Gasteiger partial charge in [-0.05, 0) is 0 Å². The van der Waals surface area contributed by atoms with E-state index in [4.69, 9.17) is 9.47 Å². The molecular formula is C14H18N6O4. The van der Waals surface area contributed by atoms with E-state index in [1.165, 1.54) is 17.1 Å². The number of carbonyl (C=O) groups excluding carboxylic acids is 1. The van der Waals surface area contributed by atoms with Gasteiger partial charge in [-0.2, -0.15) is 4.98 Å². The van der Waals surface area contributed by atoms with E-state index in [1.54, 1.807) is 26.1 Å². The maximum Gasteiger partial charge on any atom is 0.285 e. The van der Waals surface area contributed by atoms with Crippen molar-refractivity contribution in [2.75, 3.05) is 34.4 Å². The smallest absolute Gasteiger partial charge is 0.285 e. The molecule has 0 aliphatic carbocycles. The third-order valence-electron chi connectivity index (χ3n) is 2.84. The molecule has 0 radical (unpaired) electrons. The quantitative estimate of drug-likeness (QED) is 0.283. The molecule has 10 nitrogen and oxygen atoms in total. The van der Waals surface area contributed by atoms with Crippen molar-refractivity contribution in [3.63, 3.8) is 0 Å². The first kappa shape index (κ1) is 17.6. The molecule has 2 aromatic heterocycles. The van der Waals surface area contributed by atoms with Gasteiger partial charge in [0, 0.05) is 21.2 Å². The van der Waals surface area contributed by atoms with Crippen LogP contribution in [0.3, 0.4) is 0 Å². The summed E-state index contributed by atoms with van der Waals surface area (Å²) >= 11 is 0. The topological polar surface area (TPSA) is 112 Å². The van der Waals surface area contributed by atoms with Crippen molar-refractivity contribution in [3.8, 4) is 0 Å². The summed E-state index contributed by atoms with van der Waals surface area (Å²) in [6.45, 7) is 0.622. The molecule has 0 amide bonds. The lowest BCUT2D eigenvalue weighted by atomic mass is 10.4. The summed E-state index contributed by atoms with van der Waals surface area (Å²) in [5.74, 6) is 0.131. The maximum atomic E-state index is 12.6. The zero-order valence-corrected chi connectivity index (χ0v) is 13.7. The van der Waals surface area contributed by atoms with E-state index in [0.29, 0.717) is 19.5 Å². The SMILES string of the molecule is COCCOCn1c(/N=C/N(C)C)nc2ncc(C=O)nc2c1=O. The summed E-state index contributed by atoms with van der Waals surface area (Å²) in [6.07, 6.45) is 3.27. The molecule has 0 saturated carbocycles. The lowest BCUT2D eigenvalue weighted by Crippen LogP contribution is -2.25. The first-order valence-electron chi connectivity index (χ1n) is 7.07. The first-order chi connectivity index (χ1) is 11.6. The van der Waals surface area contributed by atoms with Gasteiger partial charge >= 0.3 is 0 Å². The Labute approximate surface area is 137 Å². The Balaban J connectivity index is 2.50. The van der Waals surface area contributed by atoms with E-state index >= 15 is 0 Å². The Morgan fingerprint density at radius 1 is 1.33 bits per heavy atom. The number of aliphatic imine (C=N–C) groups is 1. The normalized spacial score (nSPS) is 11.3. The predicted octanol–water partition coefficient (Wildman–Crippen LogP) is -0.159. The van der Waals surface area contributed by atoms with Crippen LogP contribution in [-0.4, -0.2) is 71.5 Å². The van der Waals surface area contributed by atoms with Crippen LogP contribution in [0, 0.1) is 0 Å². The van der Waals surface area contributed by atoms with Crippen LogP contribution in [0.15, 0.2) is 16.0 Å². The van der Waals surface area contributed by atoms with E-state index in [9.17, 15) is 9.59 Å². The third kappa shape index (κ3) is 4.18. The molecule has 10 heteroatoms. The molecule has 0 saturated heterocycles. The van der Waals surface area contributed by atoms with Crippen molar-refractivity contribution in [2.45, 2.75) is 6.73 Å². The summed E-state index contributed by atoms with van der Waals surface area (Å²) in [5.41, 5.74) is -0.333. The van der Waals surface area contributed by atoms with Gasteiger partial charge in [-0.1, -0.05) is 0 Å². The molecule has 2 heterocycles. The second-order valence-electron chi connectivity index (χ2n) is 4.97. The minimum absolute atomic E-state index is 0.0151. The number of nitrogens with zero attached hydrogens (tertiary/aromatic N) is 6. The molecule has 0 spiro atoms. The van der Waals surface area contributed by atoms with Crippen LogP contribution in [0.1, 0.15) is 10.5 Å². The Kier molecular flexibility index (Phi) is 6.04. The van der Waals surface area contributed by atoms with E-state index in [1.807, 2.05) is 0 Å². The highest BCUT2D eigenvalue weighted by molar-refractivity contribution is 5.77. The lowest BCUT2D eigenvalue weighted by Gasteiger charge is -2.11. The minimum Gasteiger partial charge on any atom is -0.382 e. The number of fused-ring (bicyclic) bond motifs is 1. The highest BCUT2D eigenvalue weighted by Gasteiger charge is 2.13. The number of carbonyl (C=O) groups is 1. The molecule has 2 rings (SSSR count). The highest BCUT2D eigenvalue weighted by atomic mass is 16.5. The second-order valence-corrected chi connectivity index (χ2v) is 4.97. The molecule has 24 heavy (non-hydrogen) atoms. The largest absolute Gasteiger partial charge is 0.382 e. The Morgan fingerprint density at radius 2 is 2.12 bits per heavy atom. The molecule has 0 N–H and O–H groups in total. The van der Waals surface area contributed by atoms with Crippen LogP contribution in [0.25, 0.3) is 11.2 Å². The van der Waals surface area contributed by atoms with Crippen LogP contribution in [0.5, 0.6) is 0 Å². The van der Waals surface area contributed by atoms with Crippen LogP contribution < -0.4 is 5.56 Å². The standard InChI is InChI=1S/C14H18N6O4/c1-19(2)8-16-14-18-12-11(17-10(7-21)6-15-12)13(22)20(14)9-24-5-4-23-3/h6-8H,4-5,9H2,1-3H3/b16-8+. The minimum atomic E-state index is -0.487. The zero-order chi connectivity index (χ0) is 17.5. The molecule has 0 bridgehead atoms. The van der Waals surface area contributed by atoms with Gasteiger partial charge in [0.05, 0.1) is 25.7 Å². The summed E-state index contributed by atoms with van der Waals surface area (Å²) in [5, 5.41) is 0. The van der Waals surface area contributed by atoms with Crippen molar-refractivity contribution in [1.82, 2.24) is 24.4 Å². The first-order valence-corrected chi connectivity index (χ1v) is 7.07. The van der Waals surface area contributed by atoms with Crippen molar-refractivity contribution in [1.29, 1.82) is 0 Å². The Morgan fingerprint density at radius 3 is 2.79 bits per heavy atom. The van der Waals surface area contributed by atoms with Gasteiger partial charge < -0.3 is 14.4 Å². The molecule has 128 valence electrons. The van der Waals surface area contributed by atoms with Gasteiger partial charge in [-0.15, -0.1) is 0 Å². The molecule has 0 aliphatic rings. The predicted molar refractivity (Wildman–Crippen MR) is 86.6 cm³/mol. The number of rotatable bonds is 8. The number of aromatic nitrogens is 4. The number of methoxy groups -OCH3 is 1. The summed E-state index contributed by atoms with van der Waals surface area (Å²) < 4.78 is 11.5. The van der Waals surface area contributed by atoms with Crippen LogP contribution in [0.2, 0.25) is 0 Å². The van der Waals surface area contributed by atoms with Gasteiger partial charge in [0.25, 0.3) is 5.56 Å². The van der Waals surface area contributed by atoms with Crippen LogP contribution in [-0.2, 0) is 16.2 Å². The van der Waals surface area contributed by atoms with Crippen LogP contribution in [0.4, 0.5) is 5.95 Å². The van der Waals surface area contributed by atoms with E-state index in [0.717, 1.165) is 0 Å². The summed E-state index contributed by atoms with van der Waals surface area (Å²) in [6, 6.07) is 0. The average molecular weight is 334 g/mol. The Bertz CT molecular complexity index is 802. The fourth-order valence-corrected chi connectivity index (χ4v) is 1.73. The number of hydrogen-bond donors (Lipinski definition) is 0. The van der Waals surface area contributed by atoms with Crippen LogP contribution >= 0.6 is 0 Å². The molecule has 0 fully saturated rings. The second kappa shape index (κ2) is 8.22. The van der Waals surface area contributed by atoms with E-state index in [-0.39, 0.29) is 29.5 Å². The van der Waals surface area contributed by atoms with Gasteiger partial charge in [0.1, 0.15) is 12.4 Å². The molecular weight excluding hydrogens is 316 g/mol. The fourth-order valence-electron chi connectivity index (χ4n) is 1.73. The number of ether oxygens (including phenoxy) is 2. The van der Waals surface area contributed by atoms with Gasteiger partial charge in [0.2, 0.25) is 5.95 Å². The van der Waals surface area contributed by atoms with E-state index in [2.05, 4.69) is 19.9 Å². The summed E-state index contributed by atoms with van der Waals surface area (Å²) in [4.78, 5) is 41.5. The van der Waals surface area contributed by atoms with Crippen molar-refractivity contribution in [2.24, 2.45) is 4.99 Å². The third-order valence-corrected chi connectivity index (χ3v) is 2.84. The molecule has 0 aromatic carbocycles. The Hall–Kier alpha value is -2.72. The van der Waals surface area contributed by atoms with Gasteiger partial charge in [-0.25, -0.2) is 15.0 Å². The monoisotopic (exact) mass is 334 g/mol. The highest BCUT2D eigenvalue weighted by Crippen LogP contribution is 2.10. The zero-order valence-electron chi connectivity index (χ0n) is 13.7. The summed E-state index contributed by atoms with van der Waals surface area (Å²) in [7, 11) is 5.13. The molecule has 0 unspecified atom stereocenters. The fraction of sp³-hybridized carbons (Fsp3) is 0.429. The lowest BCUT2D eigenvalue weighted by molar-refractivity contribution is 0.0333. The average Bonchev–Trinajstić information content (AvgIpc) is 2.58. The van der Waals surface area contributed by atoms with Crippen molar-refractivity contribution < 1.29 is 14.3 Å². The van der Waals surface area contributed by atoms with E-state index < -0.39 is 5.56 Å². The van der Waals surface area contributed by atoms with Crippen molar-refractivity contribution in [3.05, 3.63) is 22.2 Å². The molecule has 0 atom stereocenters. The molecule has 2 aromatic rings. The maximum absolute atomic E-state index is 12.6. The van der Waals surface area contributed by atoms with Gasteiger partial charge in [0.15, 0.2) is 17.5 Å². The number of aldehydes is 1. The number of hydrogen-bond acceptors (Lipinski definition) is 8. The molecule has 0 aliphatic heterocycles. The van der Waals surface area contributed by atoms with Crippen molar-refractivity contribution >= 4 is 29.7 Å². The van der Waals surface area contributed by atoms with Gasteiger partial charge in [-0.3, -0.25) is 14.2 Å².